The molecule has 1 fully saturated rings. The van der Waals surface area contributed by atoms with Gasteiger partial charge in [-0.3, -0.25) is 0 Å². The van der Waals surface area contributed by atoms with E-state index in [0.717, 1.165) is 19.0 Å². The Labute approximate surface area is 102 Å². The second kappa shape index (κ2) is 8.43. The monoisotopic (exact) mass is 230 g/mol. The van der Waals surface area contributed by atoms with E-state index >= 15 is 0 Å². The molecule has 0 unspecified atom stereocenters. The van der Waals surface area contributed by atoms with E-state index < -0.39 is 0 Å². The average molecular weight is 230 g/mol. The molecule has 16 heavy (non-hydrogen) atoms. The Hall–Kier alpha value is -0.730. The van der Waals surface area contributed by atoms with Crippen LogP contribution in [0.25, 0.3) is 0 Å². The normalized spacial score (nSPS) is 16.8. The number of piperidine rings is 1. The number of hydrogen-bond donors (Lipinski definition) is 1. The predicted octanol–water partition coefficient (Wildman–Crippen LogP) is 3.50. The lowest BCUT2D eigenvalue weighted by Crippen LogP contribution is -2.46. The maximum absolute atomic E-state index is 11.6. The smallest absolute Gasteiger partial charge is 0.317 e. The van der Waals surface area contributed by atoms with Crippen LogP contribution in [-0.4, -0.2) is 30.1 Å². The van der Waals surface area contributed by atoms with Crippen LogP contribution in [0.3, 0.4) is 0 Å². The van der Waals surface area contributed by atoms with Gasteiger partial charge in [0.2, 0.25) is 0 Å². The molecule has 1 saturated heterocycles. The molecule has 1 N–H and O–H groups in total. The fraction of sp³-hybridized carbons (Fsp3) is 0.923. The molecule has 98 valence electrons. The lowest BCUT2D eigenvalue weighted by atomic mass is 9.95. The van der Waals surface area contributed by atoms with Gasteiger partial charge in [0.25, 0.3) is 0 Å². The molecule has 1 aliphatic rings. The van der Waals surface area contributed by atoms with Crippen LogP contribution >= 0.6 is 0 Å². The zero-order chi connectivity index (χ0) is 12.6. The minimum Gasteiger partial charge on any atom is -0.336 e. The number of nitrogens with zero attached hydrogens (tertiary/aromatic N) is 1. The van der Waals surface area contributed by atoms with E-state index in [1.54, 1.807) is 0 Å². The van der Waals surface area contributed by atoms with Crippen molar-refractivity contribution in [2.45, 2.75) is 59.9 Å². The standard InChI is InChI=1S/C11H22N2O.C2H6.H2/c1-4-10-5-7-13(8-6-10)11(14)12-9(2)3;1-2;/h9-10H,4-8H2,1-3H3,(H,12,14);1-2H3;1H. The lowest BCUT2D eigenvalue weighted by Gasteiger charge is -2.32. The number of amides is 2. The molecule has 0 aromatic carbocycles. The van der Waals surface area contributed by atoms with Gasteiger partial charge in [-0.1, -0.05) is 27.2 Å². The molecule has 0 atom stereocenters. The quantitative estimate of drug-likeness (QED) is 0.773. The molecule has 0 radical (unpaired) electrons. The highest BCUT2D eigenvalue weighted by Crippen LogP contribution is 2.19. The second-order valence-electron chi connectivity index (χ2n) is 4.44. The Morgan fingerprint density at radius 1 is 1.38 bits per heavy atom. The first-order chi connectivity index (χ1) is 7.63. The van der Waals surface area contributed by atoms with Crippen LogP contribution in [0.5, 0.6) is 0 Å². The van der Waals surface area contributed by atoms with E-state index in [2.05, 4.69) is 12.2 Å². The van der Waals surface area contributed by atoms with Gasteiger partial charge >= 0.3 is 6.03 Å². The topological polar surface area (TPSA) is 32.3 Å². The highest BCUT2D eigenvalue weighted by Gasteiger charge is 2.21. The van der Waals surface area contributed by atoms with Crippen molar-refractivity contribution in [2.24, 2.45) is 5.92 Å². The summed E-state index contributed by atoms with van der Waals surface area (Å²) in [6.45, 7) is 12.1. The largest absolute Gasteiger partial charge is 0.336 e. The van der Waals surface area contributed by atoms with Gasteiger partial charge in [-0.15, -0.1) is 0 Å². The third-order valence-corrected chi connectivity index (χ3v) is 2.89. The summed E-state index contributed by atoms with van der Waals surface area (Å²) < 4.78 is 0. The Balaban J connectivity index is 0. The van der Waals surface area contributed by atoms with Crippen LogP contribution in [0.2, 0.25) is 0 Å². The molecule has 3 heteroatoms. The molecule has 1 aliphatic heterocycles. The second-order valence-corrected chi connectivity index (χ2v) is 4.44. The fourth-order valence-corrected chi connectivity index (χ4v) is 1.88. The lowest BCUT2D eigenvalue weighted by molar-refractivity contribution is 0.167. The number of likely N-dealkylation sites (tertiary alicyclic amines) is 1. The molecule has 1 rings (SSSR count). The molecule has 0 aromatic heterocycles. The Bertz CT molecular complexity index is 190. The van der Waals surface area contributed by atoms with Crippen LogP contribution in [-0.2, 0) is 0 Å². The zero-order valence-corrected chi connectivity index (χ0v) is 11.5. The van der Waals surface area contributed by atoms with Gasteiger partial charge in [0.1, 0.15) is 0 Å². The average Bonchev–Trinajstić information content (AvgIpc) is 2.31. The van der Waals surface area contributed by atoms with Crippen molar-refractivity contribution < 1.29 is 6.22 Å². The summed E-state index contributed by atoms with van der Waals surface area (Å²) >= 11 is 0. The number of hydrogen-bond acceptors (Lipinski definition) is 1. The highest BCUT2D eigenvalue weighted by molar-refractivity contribution is 5.74. The third kappa shape index (κ3) is 5.38. The Morgan fingerprint density at radius 3 is 2.25 bits per heavy atom. The van der Waals surface area contributed by atoms with Gasteiger partial charge in [0.05, 0.1) is 0 Å². The number of urea groups is 1. The minimum atomic E-state index is 0. The van der Waals surface area contributed by atoms with Crippen molar-refractivity contribution in [3.63, 3.8) is 0 Å². The molecule has 1 heterocycles. The number of carbonyl (C=O) groups is 1. The first kappa shape index (κ1) is 15.3. The van der Waals surface area contributed by atoms with E-state index in [4.69, 9.17) is 0 Å². The van der Waals surface area contributed by atoms with Crippen LogP contribution in [0, 0.1) is 5.92 Å². The molecule has 0 saturated carbocycles. The fourth-order valence-electron chi connectivity index (χ4n) is 1.88. The van der Waals surface area contributed by atoms with Crippen molar-refractivity contribution >= 4 is 6.03 Å². The van der Waals surface area contributed by atoms with E-state index in [1.807, 2.05) is 32.6 Å². The van der Waals surface area contributed by atoms with E-state index in [9.17, 15) is 4.79 Å². The predicted molar refractivity (Wildman–Crippen MR) is 71.7 cm³/mol. The summed E-state index contributed by atoms with van der Waals surface area (Å²) in [4.78, 5) is 13.6. The molecule has 2 amide bonds. The minimum absolute atomic E-state index is 0. The van der Waals surface area contributed by atoms with Gasteiger partial charge in [-0.05, 0) is 32.6 Å². The third-order valence-electron chi connectivity index (χ3n) is 2.89. The van der Waals surface area contributed by atoms with Crippen molar-refractivity contribution in [1.82, 2.24) is 10.2 Å². The van der Waals surface area contributed by atoms with Crippen LogP contribution in [0.4, 0.5) is 4.79 Å². The molecular formula is C13H30N2O. The maximum atomic E-state index is 11.6. The molecule has 0 aliphatic carbocycles. The van der Waals surface area contributed by atoms with Crippen molar-refractivity contribution in [3.05, 3.63) is 0 Å². The van der Waals surface area contributed by atoms with Crippen molar-refractivity contribution in [3.8, 4) is 0 Å². The summed E-state index contributed by atoms with van der Waals surface area (Å²) in [5.74, 6) is 0.832. The zero-order valence-electron chi connectivity index (χ0n) is 11.5. The number of carbonyl (C=O) groups excluding carboxylic acids is 1. The van der Waals surface area contributed by atoms with Gasteiger partial charge in [-0.2, -0.15) is 0 Å². The number of nitrogens with one attached hydrogen (secondary N) is 1. The highest BCUT2D eigenvalue weighted by atomic mass is 16.2. The van der Waals surface area contributed by atoms with Crippen molar-refractivity contribution in [2.75, 3.05) is 13.1 Å². The molecule has 3 nitrogen and oxygen atoms in total. The van der Waals surface area contributed by atoms with Crippen LogP contribution < -0.4 is 5.32 Å². The van der Waals surface area contributed by atoms with Crippen LogP contribution in [0.1, 0.15) is 55.3 Å². The molecular weight excluding hydrogens is 200 g/mol. The summed E-state index contributed by atoms with van der Waals surface area (Å²) in [6, 6.07) is 0.348. The molecule has 0 spiro atoms. The maximum Gasteiger partial charge on any atom is 0.317 e. The first-order valence-electron chi connectivity index (χ1n) is 6.69. The van der Waals surface area contributed by atoms with E-state index in [0.29, 0.717) is 0 Å². The van der Waals surface area contributed by atoms with Gasteiger partial charge in [-0.25, -0.2) is 4.79 Å². The summed E-state index contributed by atoms with van der Waals surface area (Å²) in [5, 5.41) is 2.93. The summed E-state index contributed by atoms with van der Waals surface area (Å²) in [5.41, 5.74) is 0. The summed E-state index contributed by atoms with van der Waals surface area (Å²) in [6.07, 6.45) is 3.59. The SMILES string of the molecule is CC.CCC1CCN(C(=O)NC(C)C)CC1.[HH]. The van der Waals surface area contributed by atoms with E-state index in [1.165, 1.54) is 19.3 Å². The van der Waals surface area contributed by atoms with Gasteiger partial charge < -0.3 is 10.2 Å². The van der Waals surface area contributed by atoms with Crippen molar-refractivity contribution in [1.29, 1.82) is 0 Å². The molecule has 0 bridgehead atoms. The van der Waals surface area contributed by atoms with E-state index in [-0.39, 0.29) is 13.5 Å². The van der Waals surface area contributed by atoms with Gasteiger partial charge in [0, 0.05) is 20.6 Å². The Morgan fingerprint density at radius 2 is 1.88 bits per heavy atom. The van der Waals surface area contributed by atoms with Gasteiger partial charge in [0.15, 0.2) is 0 Å². The van der Waals surface area contributed by atoms with Crippen LogP contribution in [0.15, 0.2) is 0 Å². The number of rotatable bonds is 2. The summed E-state index contributed by atoms with van der Waals surface area (Å²) in [7, 11) is 0. The first-order valence-corrected chi connectivity index (χ1v) is 6.69. The Kier molecular flexibility index (Phi) is 8.04. The molecule has 0 aromatic rings.